The minimum Gasteiger partial charge on any atom is -0.507 e. The molecule has 2 heterocycles. The maximum absolute atomic E-state index is 12.9. The van der Waals surface area contributed by atoms with Gasteiger partial charge in [-0.3, -0.25) is 9.36 Å². The van der Waals surface area contributed by atoms with Crippen LogP contribution in [-0.2, 0) is 19.9 Å². The minimum atomic E-state index is -0.248. The number of hydrogen-bond donors (Lipinski definition) is 3. The van der Waals surface area contributed by atoms with Crippen LogP contribution in [0.4, 0.5) is 5.95 Å². The molecule has 1 aromatic carbocycles. The van der Waals surface area contributed by atoms with E-state index in [9.17, 15) is 9.90 Å². The molecule has 0 bridgehead atoms. The van der Waals surface area contributed by atoms with Crippen molar-refractivity contribution in [2.45, 2.75) is 45.1 Å². The van der Waals surface area contributed by atoms with E-state index in [4.69, 9.17) is 0 Å². The summed E-state index contributed by atoms with van der Waals surface area (Å²) < 4.78 is 1.49. The van der Waals surface area contributed by atoms with Crippen LogP contribution in [0.15, 0.2) is 10.9 Å². The number of anilines is 1. The van der Waals surface area contributed by atoms with E-state index in [2.05, 4.69) is 26.9 Å². The number of nitrogens with zero attached hydrogens (tertiary/aromatic N) is 3. The Morgan fingerprint density at radius 2 is 2.15 bits per heavy atom. The fraction of sp³-hybridized carbons (Fsp3) is 0.526. The molecule has 1 aliphatic heterocycles. The second kappa shape index (κ2) is 6.72. The van der Waals surface area contributed by atoms with E-state index in [1.807, 2.05) is 6.92 Å². The molecule has 0 amide bonds. The van der Waals surface area contributed by atoms with Crippen molar-refractivity contribution in [2.24, 2.45) is 7.05 Å². The topological polar surface area (TPSA) is 92.1 Å². The summed E-state index contributed by atoms with van der Waals surface area (Å²) in [6, 6.07) is 2.31. The van der Waals surface area contributed by atoms with Crippen molar-refractivity contribution in [1.29, 1.82) is 0 Å². The largest absolute Gasteiger partial charge is 0.507 e. The molecule has 2 aromatic rings. The van der Waals surface area contributed by atoms with Gasteiger partial charge in [0, 0.05) is 19.6 Å². The summed E-state index contributed by atoms with van der Waals surface area (Å²) >= 11 is 0. The first kappa shape index (κ1) is 17.0. The summed E-state index contributed by atoms with van der Waals surface area (Å²) in [5.41, 5.74) is 3.48. The monoisotopic (exact) mass is 355 g/mol. The predicted octanol–water partition coefficient (Wildman–Crippen LogP) is 1.51. The van der Waals surface area contributed by atoms with E-state index >= 15 is 0 Å². The van der Waals surface area contributed by atoms with E-state index in [0.717, 1.165) is 56.3 Å². The Kier molecular flexibility index (Phi) is 4.40. The van der Waals surface area contributed by atoms with E-state index in [-0.39, 0.29) is 23.0 Å². The number of rotatable bonds is 3. The van der Waals surface area contributed by atoms with Gasteiger partial charge in [0.25, 0.3) is 5.56 Å². The van der Waals surface area contributed by atoms with E-state index in [1.54, 1.807) is 7.05 Å². The Balaban J connectivity index is 1.73. The molecule has 0 spiro atoms. The third-order valence-corrected chi connectivity index (χ3v) is 5.50. The number of aryl methyl sites for hydroxylation is 2. The Morgan fingerprint density at radius 1 is 1.31 bits per heavy atom. The molecule has 7 heteroatoms. The zero-order valence-electron chi connectivity index (χ0n) is 15.3. The lowest BCUT2D eigenvalue weighted by Gasteiger charge is -2.24. The maximum Gasteiger partial charge on any atom is 0.281 e. The molecule has 0 unspecified atom stereocenters. The molecule has 4 rings (SSSR count). The second-order valence-electron chi connectivity index (χ2n) is 7.33. The molecule has 0 saturated carbocycles. The van der Waals surface area contributed by atoms with Crippen molar-refractivity contribution in [3.8, 4) is 17.0 Å². The van der Waals surface area contributed by atoms with Crippen LogP contribution in [0.5, 0.6) is 5.75 Å². The second-order valence-corrected chi connectivity index (χ2v) is 7.33. The SMILES string of the molecule is Cc1cc2c(c(O)c1-c1nnc(N[C@@H]3CCCNC3)n(C)c1=O)CCC2. The number of phenolic OH excluding ortho intramolecular Hbond substituents is 1. The number of piperidine rings is 1. The smallest absolute Gasteiger partial charge is 0.281 e. The standard InChI is InChI=1S/C19H25N5O2/c1-11-9-12-5-3-7-14(12)17(25)15(11)16-18(26)24(2)19(23-22-16)21-13-6-4-8-20-10-13/h9,13,20,25H,3-8,10H2,1-2H3,(H,21,23)/t13-/m1/s1. The van der Waals surface area contributed by atoms with Gasteiger partial charge >= 0.3 is 0 Å². The number of nitrogens with one attached hydrogen (secondary N) is 2. The molecule has 138 valence electrons. The van der Waals surface area contributed by atoms with Crippen LogP contribution in [0.3, 0.4) is 0 Å². The number of benzene rings is 1. The highest BCUT2D eigenvalue weighted by atomic mass is 16.3. The zero-order valence-corrected chi connectivity index (χ0v) is 15.3. The van der Waals surface area contributed by atoms with Gasteiger partial charge in [0.2, 0.25) is 5.95 Å². The molecule has 7 nitrogen and oxygen atoms in total. The third kappa shape index (κ3) is 2.86. The summed E-state index contributed by atoms with van der Waals surface area (Å²) in [7, 11) is 1.69. The van der Waals surface area contributed by atoms with Crippen molar-refractivity contribution >= 4 is 5.95 Å². The van der Waals surface area contributed by atoms with Gasteiger partial charge in [-0.15, -0.1) is 10.2 Å². The van der Waals surface area contributed by atoms with Gasteiger partial charge in [0.15, 0.2) is 5.69 Å². The van der Waals surface area contributed by atoms with Gasteiger partial charge < -0.3 is 15.7 Å². The lowest BCUT2D eigenvalue weighted by Crippen LogP contribution is -2.40. The lowest BCUT2D eigenvalue weighted by atomic mass is 9.97. The Bertz CT molecular complexity index is 900. The Morgan fingerprint density at radius 3 is 2.92 bits per heavy atom. The first-order valence-corrected chi connectivity index (χ1v) is 9.32. The third-order valence-electron chi connectivity index (χ3n) is 5.50. The Hall–Kier alpha value is -2.41. The first-order chi connectivity index (χ1) is 12.6. The van der Waals surface area contributed by atoms with Crippen LogP contribution in [0.1, 0.15) is 36.0 Å². The fourth-order valence-electron chi connectivity index (χ4n) is 4.07. The molecule has 1 atom stereocenters. The van der Waals surface area contributed by atoms with Crippen LogP contribution in [0.2, 0.25) is 0 Å². The van der Waals surface area contributed by atoms with Crippen molar-refractivity contribution < 1.29 is 5.11 Å². The van der Waals surface area contributed by atoms with Crippen LogP contribution < -0.4 is 16.2 Å². The molecule has 1 saturated heterocycles. The van der Waals surface area contributed by atoms with Gasteiger partial charge in [-0.25, -0.2) is 0 Å². The molecule has 3 N–H and O–H groups in total. The van der Waals surface area contributed by atoms with Gasteiger partial charge in [0.05, 0.1) is 5.56 Å². The van der Waals surface area contributed by atoms with Gasteiger partial charge in [-0.1, -0.05) is 6.07 Å². The predicted molar refractivity (Wildman–Crippen MR) is 101 cm³/mol. The maximum atomic E-state index is 12.9. The van der Waals surface area contributed by atoms with Crippen molar-refractivity contribution in [1.82, 2.24) is 20.1 Å². The van der Waals surface area contributed by atoms with Crippen LogP contribution in [0.25, 0.3) is 11.3 Å². The molecular weight excluding hydrogens is 330 g/mol. The zero-order chi connectivity index (χ0) is 18.3. The molecule has 1 fully saturated rings. The minimum absolute atomic E-state index is 0.195. The summed E-state index contributed by atoms with van der Waals surface area (Å²) in [4.78, 5) is 12.9. The average Bonchev–Trinajstić information content (AvgIpc) is 3.10. The number of hydrogen-bond acceptors (Lipinski definition) is 6. The molecule has 0 radical (unpaired) electrons. The number of fused-ring (bicyclic) bond motifs is 1. The lowest BCUT2D eigenvalue weighted by molar-refractivity contribution is 0.470. The van der Waals surface area contributed by atoms with E-state index < -0.39 is 0 Å². The first-order valence-electron chi connectivity index (χ1n) is 9.32. The van der Waals surface area contributed by atoms with Gasteiger partial charge in [0.1, 0.15) is 5.75 Å². The van der Waals surface area contributed by atoms with Crippen LogP contribution in [-0.4, -0.2) is 39.0 Å². The van der Waals surface area contributed by atoms with E-state index in [1.165, 1.54) is 10.1 Å². The summed E-state index contributed by atoms with van der Waals surface area (Å²) in [5.74, 6) is 0.659. The summed E-state index contributed by atoms with van der Waals surface area (Å²) in [5, 5.41) is 25.8. The average molecular weight is 355 g/mol. The van der Waals surface area contributed by atoms with Gasteiger partial charge in [-0.2, -0.15) is 0 Å². The summed E-state index contributed by atoms with van der Waals surface area (Å²) in [6.07, 6.45) is 4.99. The number of phenols is 1. The molecule has 1 aromatic heterocycles. The fourth-order valence-corrected chi connectivity index (χ4v) is 4.07. The molecular formula is C19H25N5O2. The van der Waals surface area contributed by atoms with Crippen LogP contribution >= 0.6 is 0 Å². The van der Waals surface area contributed by atoms with Gasteiger partial charge in [-0.05, 0) is 62.3 Å². The normalized spacial score (nSPS) is 19.4. The van der Waals surface area contributed by atoms with Crippen molar-refractivity contribution in [2.75, 3.05) is 18.4 Å². The highest BCUT2D eigenvalue weighted by Gasteiger charge is 2.24. The van der Waals surface area contributed by atoms with Crippen LogP contribution in [0, 0.1) is 6.92 Å². The molecule has 1 aliphatic carbocycles. The molecule has 26 heavy (non-hydrogen) atoms. The number of aromatic hydroxyl groups is 1. The Labute approximate surface area is 152 Å². The molecule has 2 aliphatic rings. The summed E-state index contributed by atoms with van der Waals surface area (Å²) in [6.45, 7) is 3.79. The van der Waals surface area contributed by atoms with Crippen molar-refractivity contribution in [3.05, 3.63) is 33.1 Å². The quantitative estimate of drug-likeness (QED) is 0.773. The highest BCUT2D eigenvalue weighted by molar-refractivity contribution is 5.73. The highest BCUT2D eigenvalue weighted by Crippen LogP contribution is 2.39. The van der Waals surface area contributed by atoms with E-state index in [0.29, 0.717) is 11.5 Å². The van der Waals surface area contributed by atoms with Crippen molar-refractivity contribution in [3.63, 3.8) is 0 Å². The number of aromatic nitrogens is 3.